The Morgan fingerprint density at radius 2 is 1.53 bits per heavy atom. The van der Waals surface area contributed by atoms with Gasteiger partial charge in [-0.25, -0.2) is 0 Å². The number of allylic oxidation sites excluding steroid dienone is 1. The summed E-state index contributed by atoms with van der Waals surface area (Å²) in [5.41, 5.74) is 0. The summed E-state index contributed by atoms with van der Waals surface area (Å²) in [5.74, 6) is 0.0512. The third-order valence-corrected chi connectivity index (χ3v) is 3.40. The predicted octanol–water partition coefficient (Wildman–Crippen LogP) is 4.80. The second-order valence-electron chi connectivity index (χ2n) is 5.52. The van der Waals surface area contributed by atoms with Gasteiger partial charge in [0.2, 0.25) is 0 Å². The van der Waals surface area contributed by atoms with Gasteiger partial charge in [-0.3, -0.25) is 4.79 Å². The molecule has 0 aliphatic heterocycles. The standard InChI is InChI=1S/C17H32O2/c1-3-4-5-6-7-8-9-10-11-14-17(19)15-12-13-16(2)18/h12-13,17,19H,3-11,14-15H2,1-2H3/b13-12+/t17-/m0/s1. The van der Waals surface area contributed by atoms with Gasteiger partial charge in [0.15, 0.2) is 5.78 Å². The molecular formula is C17H32O2. The summed E-state index contributed by atoms with van der Waals surface area (Å²) in [5, 5.41) is 9.70. The summed E-state index contributed by atoms with van der Waals surface area (Å²) in [4.78, 5) is 10.7. The fraction of sp³-hybridized carbons (Fsp3) is 0.824. The van der Waals surface area contributed by atoms with Gasteiger partial charge >= 0.3 is 0 Å². The van der Waals surface area contributed by atoms with E-state index >= 15 is 0 Å². The van der Waals surface area contributed by atoms with Crippen LogP contribution in [0.15, 0.2) is 12.2 Å². The lowest BCUT2D eigenvalue weighted by Gasteiger charge is -2.07. The SMILES string of the molecule is CCCCCCCCCCC[C@H](O)C/C=C/C(C)=O. The maximum atomic E-state index is 10.7. The molecule has 0 aliphatic rings. The van der Waals surface area contributed by atoms with Crippen LogP contribution in [-0.4, -0.2) is 17.0 Å². The van der Waals surface area contributed by atoms with E-state index in [1.54, 1.807) is 12.2 Å². The molecule has 0 aliphatic carbocycles. The zero-order chi connectivity index (χ0) is 14.3. The molecule has 0 spiro atoms. The van der Waals surface area contributed by atoms with Crippen molar-refractivity contribution in [1.29, 1.82) is 0 Å². The van der Waals surface area contributed by atoms with Crippen LogP contribution in [0.2, 0.25) is 0 Å². The Bertz CT molecular complexity index is 233. The van der Waals surface area contributed by atoms with Crippen LogP contribution in [0.5, 0.6) is 0 Å². The molecule has 0 saturated carbocycles. The van der Waals surface area contributed by atoms with Crippen molar-refractivity contribution in [3.05, 3.63) is 12.2 Å². The Kier molecular flexibility index (Phi) is 13.3. The molecule has 0 rings (SSSR count). The summed E-state index contributed by atoms with van der Waals surface area (Å²) in [6.45, 7) is 3.78. The van der Waals surface area contributed by atoms with E-state index in [4.69, 9.17) is 0 Å². The maximum Gasteiger partial charge on any atom is 0.152 e. The molecule has 112 valence electrons. The highest BCUT2D eigenvalue weighted by Crippen LogP contribution is 2.12. The lowest BCUT2D eigenvalue weighted by atomic mass is 10.0. The van der Waals surface area contributed by atoms with Crippen LogP contribution >= 0.6 is 0 Å². The van der Waals surface area contributed by atoms with Crippen LogP contribution in [0.25, 0.3) is 0 Å². The predicted molar refractivity (Wildman–Crippen MR) is 82.3 cm³/mol. The Balaban J connectivity index is 3.22. The van der Waals surface area contributed by atoms with Gasteiger partial charge in [-0.1, -0.05) is 70.8 Å². The van der Waals surface area contributed by atoms with E-state index in [9.17, 15) is 9.90 Å². The number of aliphatic hydroxyl groups excluding tert-OH is 1. The molecule has 0 fully saturated rings. The summed E-state index contributed by atoms with van der Waals surface area (Å²) in [6.07, 6.45) is 16.3. The van der Waals surface area contributed by atoms with E-state index in [1.807, 2.05) is 0 Å². The number of unbranched alkanes of at least 4 members (excludes halogenated alkanes) is 8. The van der Waals surface area contributed by atoms with Crippen LogP contribution in [-0.2, 0) is 4.79 Å². The number of rotatable bonds is 13. The van der Waals surface area contributed by atoms with E-state index in [-0.39, 0.29) is 11.9 Å². The molecule has 0 aromatic rings. The average molecular weight is 268 g/mol. The van der Waals surface area contributed by atoms with Gasteiger partial charge in [-0.2, -0.15) is 0 Å². The molecule has 2 heteroatoms. The van der Waals surface area contributed by atoms with Crippen molar-refractivity contribution >= 4 is 5.78 Å². The first-order valence-corrected chi connectivity index (χ1v) is 8.02. The molecule has 0 bridgehead atoms. The highest BCUT2D eigenvalue weighted by Gasteiger charge is 2.01. The molecule has 0 aromatic carbocycles. The normalized spacial score (nSPS) is 13.0. The second kappa shape index (κ2) is 13.8. The molecule has 0 amide bonds. The van der Waals surface area contributed by atoms with Gasteiger partial charge in [0, 0.05) is 0 Å². The maximum absolute atomic E-state index is 10.7. The van der Waals surface area contributed by atoms with E-state index in [1.165, 1.54) is 58.3 Å². The zero-order valence-electron chi connectivity index (χ0n) is 12.9. The number of carbonyl (C=O) groups excluding carboxylic acids is 1. The van der Waals surface area contributed by atoms with Gasteiger partial charge in [0.25, 0.3) is 0 Å². The fourth-order valence-electron chi connectivity index (χ4n) is 2.20. The average Bonchev–Trinajstić information content (AvgIpc) is 2.36. The van der Waals surface area contributed by atoms with E-state index in [2.05, 4.69) is 6.92 Å². The number of aliphatic hydroxyl groups is 1. The summed E-state index contributed by atoms with van der Waals surface area (Å²) < 4.78 is 0. The third kappa shape index (κ3) is 15.3. The van der Waals surface area contributed by atoms with Gasteiger partial charge in [0.1, 0.15) is 0 Å². The Morgan fingerprint density at radius 3 is 2.05 bits per heavy atom. The van der Waals surface area contributed by atoms with E-state index in [0.717, 1.165) is 12.8 Å². The molecule has 0 radical (unpaired) electrons. The summed E-state index contributed by atoms with van der Waals surface area (Å²) >= 11 is 0. The largest absolute Gasteiger partial charge is 0.393 e. The molecule has 0 heterocycles. The van der Waals surface area contributed by atoms with E-state index < -0.39 is 0 Å². The zero-order valence-corrected chi connectivity index (χ0v) is 12.9. The number of ketones is 1. The number of carbonyl (C=O) groups is 1. The summed E-state index contributed by atoms with van der Waals surface area (Å²) in [7, 11) is 0. The van der Waals surface area contributed by atoms with Gasteiger partial charge in [0.05, 0.1) is 6.10 Å². The van der Waals surface area contributed by atoms with E-state index in [0.29, 0.717) is 6.42 Å². The summed E-state index contributed by atoms with van der Waals surface area (Å²) in [6, 6.07) is 0. The van der Waals surface area contributed by atoms with Crippen molar-refractivity contribution < 1.29 is 9.90 Å². The van der Waals surface area contributed by atoms with Crippen molar-refractivity contribution in [2.24, 2.45) is 0 Å². The second-order valence-corrected chi connectivity index (χ2v) is 5.52. The molecule has 0 unspecified atom stereocenters. The lowest BCUT2D eigenvalue weighted by Crippen LogP contribution is -2.04. The topological polar surface area (TPSA) is 37.3 Å². The van der Waals surface area contributed by atoms with Crippen molar-refractivity contribution in [2.45, 2.75) is 90.6 Å². The molecule has 0 aromatic heterocycles. The molecule has 0 saturated heterocycles. The number of hydrogen-bond acceptors (Lipinski definition) is 2. The Hall–Kier alpha value is -0.630. The molecule has 1 atom stereocenters. The van der Waals surface area contributed by atoms with Crippen molar-refractivity contribution in [2.75, 3.05) is 0 Å². The van der Waals surface area contributed by atoms with Crippen LogP contribution in [0.1, 0.15) is 84.5 Å². The quantitative estimate of drug-likeness (QED) is 0.385. The first-order chi connectivity index (χ1) is 9.16. The number of hydrogen-bond donors (Lipinski definition) is 1. The Morgan fingerprint density at radius 1 is 1.00 bits per heavy atom. The van der Waals surface area contributed by atoms with Gasteiger partial charge < -0.3 is 5.11 Å². The van der Waals surface area contributed by atoms with Gasteiger partial charge in [-0.15, -0.1) is 0 Å². The Labute approximate surface area is 119 Å². The van der Waals surface area contributed by atoms with Crippen LogP contribution in [0.4, 0.5) is 0 Å². The minimum absolute atomic E-state index is 0.0512. The van der Waals surface area contributed by atoms with Crippen LogP contribution in [0, 0.1) is 0 Å². The lowest BCUT2D eigenvalue weighted by molar-refractivity contribution is -0.112. The van der Waals surface area contributed by atoms with Crippen LogP contribution < -0.4 is 0 Å². The molecule has 2 nitrogen and oxygen atoms in total. The van der Waals surface area contributed by atoms with Crippen molar-refractivity contribution in [1.82, 2.24) is 0 Å². The minimum Gasteiger partial charge on any atom is -0.393 e. The highest BCUT2D eigenvalue weighted by atomic mass is 16.3. The third-order valence-electron chi connectivity index (χ3n) is 3.40. The monoisotopic (exact) mass is 268 g/mol. The molecule has 1 N–H and O–H groups in total. The van der Waals surface area contributed by atoms with Crippen molar-refractivity contribution in [3.8, 4) is 0 Å². The van der Waals surface area contributed by atoms with Crippen LogP contribution in [0.3, 0.4) is 0 Å². The molecule has 19 heavy (non-hydrogen) atoms. The minimum atomic E-state index is -0.278. The first kappa shape index (κ1) is 18.4. The fourth-order valence-corrected chi connectivity index (χ4v) is 2.20. The molecular weight excluding hydrogens is 236 g/mol. The first-order valence-electron chi connectivity index (χ1n) is 8.02. The van der Waals surface area contributed by atoms with Gasteiger partial charge in [-0.05, 0) is 25.8 Å². The van der Waals surface area contributed by atoms with Crippen molar-refractivity contribution in [3.63, 3.8) is 0 Å². The highest BCUT2D eigenvalue weighted by molar-refractivity contribution is 5.87. The smallest absolute Gasteiger partial charge is 0.152 e.